The molecule has 1 amide bonds. The Hall–Kier alpha value is -5.31. The summed E-state index contributed by atoms with van der Waals surface area (Å²) >= 11 is 0. The van der Waals surface area contributed by atoms with Crippen LogP contribution in [0.5, 0.6) is 5.88 Å². The first kappa shape index (κ1) is 48.0. The smallest absolute Gasteiger partial charge is 0.293 e. The van der Waals surface area contributed by atoms with E-state index in [4.69, 9.17) is 23.9 Å². The molecule has 4 aliphatic heterocycles. The Kier molecular flexibility index (Phi) is 13.0. The number of ether oxygens (including phenoxy) is 4. The molecule has 4 aromatic rings. The number of anilines is 4. The number of H-pyrrole nitrogens is 1. The number of benzene rings is 2. The molecule has 11 rings (SSSR count). The number of morpholine rings is 1. The van der Waals surface area contributed by atoms with Crippen LogP contribution < -0.4 is 24.6 Å². The highest BCUT2D eigenvalue weighted by molar-refractivity contribution is 7.90. The summed E-state index contributed by atoms with van der Waals surface area (Å²) in [5, 5.41) is 16.1. The first-order valence-corrected chi connectivity index (χ1v) is 27.1. The molecule has 1 atom stereocenters. The number of amides is 1. The molecule has 380 valence electrons. The van der Waals surface area contributed by atoms with Crippen molar-refractivity contribution in [2.75, 3.05) is 114 Å². The molecule has 0 spiro atoms. The molecule has 19 heteroatoms. The SMILES string of the molecule is CC1(C)CCC(CN2CCN(c3ccc(C(=O)NS(=O)(=O)c4ccc(NC[C@H]5COCCO5)c([N+](=O)[O-])c4)c(N4CCCOc5nc6[nH]ccc6cc54)c3)CC2)=C(C23CCC(N4CCOCC4)(CC2)C3)C1. The second-order valence-electron chi connectivity index (χ2n) is 21.6. The normalized spacial score (nSPS) is 26.3. The summed E-state index contributed by atoms with van der Waals surface area (Å²) in [6.07, 6.45) is 12.2. The fourth-order valence-electron chi connectivity index (χ4n) is 12.8. The first-order valence-electron chi connectivity index (χ1n) is 25.6. The number of nitrogens with zero attached hydrogens (tertiary/aromatic N) is 6. The second kappa shape index (κ2) is 19.3. The lowest BCUT2D eigenvalue weighted by Crippen LogP contribution is -2.51. The van der Waals surface area contributed by atoms with Crippen molar-refractivity contribution in [3.05, 3.63) is 81.6 Å². The predicted octanol–water partition coefficient (Wildman–Crippen LogP) is 7.00. The van der Waals surface area contributed by atoms with Gasteiger partial charge >= 0.3 is 0 Å². The van der Waals surface area contributed by atoms with Gasteiger partial charge in [0.25, 0.3) is 21.6 Å². The Morgan fingerprint density at radius 3 is 2.49 bits per heavy atom. The highest BCUT2D eigenvalue weighted by atomic mass is 32.2. The van der Waals surface area contributed by atoms with Gasteiger partial charge in [-0.2, -0.15) is 4.98 Å². The van der Waals surface area contributed by atoms with Crippen LogP contribution in [0, 0.1) is 20.9 Å². The summed E-state index contributed by atoms with van der Waals surface area (Å²) in [6, 6.07) is 13.0. The van der Waals surface area contributed by atoms with E-state index in [2.05, 4.69) is 43.6 Å². The van der Waals surface area contributed by atoms with E-state index in [1.54, 1.807) is 17.2 Å². The molecule has 3 aliphatic carbocycles. The molecule has 18 nitrogen and oxygen atoms in total. The number of aromatic amines is 1. The molecule has 5 fully saturated rings. The molecule has 3 saturated heterocycles. The predicted molar refractivity (Wildman–Crippen MR) is 270 cm³/mol. The largest absolute Gasteiger partial charge is 0.476 e. The number of pyridine rings is 1. The number of hydrogen-bond donors (Lipinski definition) is 3. The molecular formula is C52H67N9O9S. The van der Waals surface area contributed by atoms with Crippen molar-refractivity contribution in [2.45, 2.75) is 88.2 Å². The number of carbonyl (C=O) groups excluding carboxylic acids is 1. The van der Waals surface area contributed by atoms with Crippen LogP contribution in [0.3, 0.4) is 0 Å². The number of nitro groups is 1. The lowest BCUT2D eigenvalue weighted by Gasteiger charge is -2.43. The zero-order valence-corrected chi connectivity index (χ0v) is 41.8. The number of piperazine rings is 1. The number of hydrogen-bond acceptors (Lipinski definition) is 15. The van der Waals surface area contributed by atoms with Gasteiger partial charge in [-0.1, -0.05) is 25.0 Å². The molecule has 2 aromatic heterocycles. The summed E-state index contributed by atoms with van der Waals surface area (Å²) in [5.74, 6) is -0.468. The maximum atomic E-state index is 14.5. The number of rotatable bonds is 13. The van der Waals surface area contributed by atoms with Crippen molar-refractivity contribution >= 4 is 55.4 Å². The van der Waals surface area contributed by atoms with Crippen molar-refractivity contribution in [3.8, 4) is 5.88 Å². The molecule has 7 aliphatic rings. The average Bonchev–Trinajstić information content (AvgIpc) is 4.08. The number of nitrogens with one attached hydrogen (secondary N) is 3. The molecular weight excluding hydrogens is 927 g/mol. The van der Waals surface area contributed by atoms with E-state index in [1.807, 2.05) is 35.4 Å². The Labute approximate surface area is 415 Å². The Balaban J connectivity index is 0.848. The Bertz CT molecular complexity index is 2800. The summed E-state index contributed by atoms with van der Waals surface area (Å²) in [6.45, 7) is 15.4. The van der Waals surface area contributed by atoms with E-state index in [1.165, 1.54) is 57.1 Å². The summed E-state index contributed by atoms with van der Waals surface area (Å²) < 4.78 is 53.3. The number of aromatic nitrogens is 2. The van der Waals surface area contributed by atoms with Crippen molar-refractivity contribution in [1.82, 2.24) is 24.5 Å². The molecule has 2 aromatic carbocycles. The van der Waals surface area contributed by atoms with Gasteiger partial charge in [-0.15, -0.1) is 0 Å². The lowest BCUT2D eigenvalue weighted by atomic mass is 9.64. The van der Waals surface area contributed by atoms with E-state index in [0.29, 0.717) is 78.7 Å². The number of carbonyl (C=O) groups is 1. The maximum Gasteiger partial charge on any atom is 0.293 e. The van der Waals surface area contributed by atoms with Gasteiger partial charge in [0, 0.05) is 87.8 Å². The highest BCUT2D eigenvalue weighted by Gasteiger charge is 2.59. The fraction of sp³-hybridized carbons (Fsp3) is 0.577. The zero-order chi connectivity index (χ0) is 49.0. The monoisotopic (exact) mass is 993 g/mol. The molecule has 6 heterocycles. The molecule has 0 unspecified atom stereocenters. The lowest BCUT2D eigenvalue weighted by molar-refractivity contribution is -0.384. The van der Waals surface area contributed by atoms with Crippen molar-refractivity contribution in [3.63, 3.8) is 0 Å². The average molecular weight is 994 g/mol. The van der Waals surface area contributed by atoms with Gasteiger partial charge in [0.1, 0.15) is 17.0 Å². The Morgan fingerprint density at radius 2 is 1.72 bits per heavy atom. The van der Waals surface area contributed by atoms with Crippen LogP contribution in [0.2, 0.25) is 0 Å². The van der Waals surface area contributed by atoms with Crippen LogP contribution in [0.25, 0.3) is 11.0 Å². The molecule has 3 N–H and O–H groups in total. The second-order valence-corrected chi connectivity index (χ2v) is 23.3. The third kappa shape index (κ3) is 9.61. The van der Waals surface area contributed by atoms with Crippen molar-refractivity contribution in [2.24, 2.45) is 10.8 Å². The van der Waals surface area contributed by atoms with Crippen LogP contribution in [-0.2, 0) is 24.2 Å². The van der Waals surface area contributed by atoms with Gasteiger partial charge in [0.05, 0.1) is 66.8 Å². The Morgan fingerprint density at radius 1 is 0.901 bits per heavy atom. The van der Waals surface area contributed by atoms with Crippen LogP contribution in [-0.4, -0.2) is 149 Å². The molecule has 2 saturated carbocycles. The highest BCUT2D eigenvalue weighted by Crippen LogP contribution is 2.65. The number of fused-ring (bicyclic) bond motifs is 4. The van der Waals surface area contributed by atoms with Crippen LogP contribution in [0.4, 0.5) is 28.4 Å². The van der Waals surface area contributed by atoms with E-state index >= 15 is 0 Å². The van der Waals surface area contributed by atoms with Gasteiger partial charge < -0.3 is 39.0 Å². The van der Waals surface area contributed by atoms with E-state index in [-0.39, 0.29) is 23.9 Å². The zero-order valence-electron chi connectivity index (χ0n) is 41.0. The minimum atomic E-state index is -4.59. The number of sulfonamides is 1. The quantitative estimate of drug-likeness (QED) is 0.0703. The topological polar surface area (TPSA) is 197 Å². The van der Waals surface area contributed by atoms with Crippen molar-refractivity contribution in [1.29, 1.82) is 0 Å². The summed E-state index contributed by atoms with van der Waals surface area (Å²) in [4.78, 5) is 43.3. The number of allylic oxidation sites excluding steroid dienone is 1. The third-order valence-electron chi connectivity index (χ3n) is 16.6. The van der Waals surface area contributed by atoms with Gasteiger partial charge in [-0.25, -0.2) is 13.1 Å². The van der Waals surface area contributed by atoms with Crippen LogP contribution >= 0.6 is 0 Å². The van der Waals surface area contributed by atoms with E-state index in [0.717, 1.165) is 82.6 Å². The minimum Gasteiger partial charge on any atom is -0.476 e. The van der Waals surface area contributed by atoms with Crippen molar-refractivity contribution < 1.29 is 37.1 Å². The maximum absolute atomic E-state index is 14.5. The summed E-state index contributed by atoms with van der Waals surface area (Å²) in [7, 11) is -4.59. The minimum absolute atomic E-state index is 0.119. The fourth-order valence-corrected chi connectivity index (χ4v) is 13.8. The molecule has 0 radical (unpaired) electrons. The standard InChI is InChI=1S/C52H67N9O9S/c1-50(2)10-8-37(42(31-50)51-11-13-52(35-51,14-12-51)59-21-24-67-25-22-59)33-57-17-19-58(20-18-57)38-4-6-41(44(29-38)60-16-3-23-70-49-46(60)28-36-9-15-53-47(36)55-49)48(62)56-71(65,66)40-5-7-43(45(30-40)61(63)64)54-32-39-34-68-26-27-69-39/h4-7,9,15,28-30,39,54H,3,8,10-14,16-27,31-35H2,1-2H3,(H,53,55)(H,56,62)/t39-,51?,52?/m0/s1. The van der Waals surface area contributed by atoms with Gasteiger partial charge in [0.2, 0.25) is 5.88 Å². The number of nitro benzene ring substituents is 1. The van der Waals surface area contributed by atoms with E-state index in [9.17, 15) is 23.3 Å². The van der Waals surface area contributed by atoms with Crippen LogP contribution in [0.15, 0.2) is 70.8 Å². The van der Waals surface area contributed by atoms with Gasteiger partial charge in [0.15, 0.2) is 0 Å². The molecule has 71 heavy (non-hydrogen) atoms. The first-order chi connectivity index (χ1) is 34.3. The van der Waals surface area contributed by atoms with Gasteiger partial charge in [-0.05, 0) is 111 Å². The third-order valence-corrected chi connectivity index (χ3v) is 18.0. The van der Waals surface area contributed by atoms with E-state index < -0.39 is 31.4 Å². The van der Waals surface area contributed by atoms with Crippen LogP contribution in [0.1, 0.15) is 82.0 Å². The van der Waals surface area contributed by atoms with Gasteiger partial charge in [-0.3, -0.25) is 24.7 Å². The molecule has 2 bridgehead atoms. The summed E-state index contributed by atoms with van der Waals surface area (Å²) in [5.41, 5.74) is 6.94.